The van der Waals surface area contributed by atoms with Crippen molar-refractivity contribution < 1.29 is 33.6 Å². The van der Waals surface area contributed by atoms with Crippen molar-refractivity contribution in [1.82, 2.24) is 29.8 Å². The van der Waals surface area contributed by atoms with Gasteiger partial charge in [0.05, 0.1) is 45.2 Å². The summed E-state index contributed by atoms with van der Waals surface area (Å²) in [5.74, 6) is 0.584. The Labute approximate surface area is 265 Å². The first kappa shape index (κ1) is 29.9. The highest BCUT2D eigenvalue weighted by Gasteiger charge is 2.50. The number of carboxylic acids is 1. The molecule has 0 aliphatic carbocycles. The van der Waals surface area contributed by atoms with Gasteiger partial charge in [-0.15, -0.1) is 0 Å². The summed E-state index contributed by atoms with van der Waals surface area (Å²) in [7, 11) is 1.37. The molecule has 3 aromatic rings. The molecule has 15 heteroatoms. The Morgan fingerprint density at radius 3 is 2.76 bits per heavy atom. The molecule has 4 aliphatic rings. The van der Waals surface area contributed by atoms with E-state index in [1.807, 2.05) is 24.3 Å². The monoisotopic (exact) mass is 632 g/mol. The van der Waals surface area contributed by atoms with E-state index < -0.39 is 23.7 Å². The molecule has 7 rings (SSSR count). The minimum Gasteiger partial charge on any atom is -0.480 e. The average Bonchev–Trinajstić information content (AvgIpc) is 3.82. The number of nitrogens with zero attached hydrogens (tertiary/aromatic N) is 7. The summed E-state index contributed by atoms with van der Waals surface area (Å²) in [6.45, 7) is 7.06. The van der Waals surface area contributed by atoms with Crippen molar-refractivity contribution in [3.63, 3.8) is 0 Å². The number of amides is 1. The number of nitrogens with one attached hydrogen (secondary N) is 1. The van der Waals surface area contributed by atoms with Crippen molar-refractivity contribution in [2.75, 3.05) is 62.9 Å². The van der Waals surface area contributed by atoms with Crippen LogP contribution in [0.2, 0.25) is 0 Å². The third-order valence-corrected chi connectivity index (χ3v) is 9.17. The number of aromatic nitrogens is 5. The number of H-pyrrole nitrogens is 1. The zero-order chi connectivity index (χ0) is 32.0. The molecule has 4 aliphatic heterocycles. The smallest absolute Gasteiger partial charge is 0.410 e. The molecule has 46 heavy (non-hydrogen) atoms. The van der Waals surface area contributed by atoms with Crippen LogP contribution in [0.4, 0.5) is 16.4 Å². The van der Waals surface area contributed by atoms with Crippen molar-refractivity contribution in [3.05, 3.63) is 48.1 Å². The largest absolute Gasteiger partial charge is 0.480 e. The number of aromatic amines is 1. The van der Waals surface area contributed by atoms with Gasteiger partial charge in [-0.3, -0.25) is 0 Å². The number of ether oxygens (including phenoxy) is 4. The Morgan fingerprint density at radius 2 is 2.04 bits per heavy atom. The minimum atomic E-state index is -0.994. The van der Waals surface area contributed by atoms with E-state index in [1.54, 1.807) is 29.1 Å². The lowest BCUT2D eigenvalue weighted by molar-refractivity contribution is -0.228. The van der Waals surface area contributed by atoms with Gasteiger partial charge in [-0.25, -0.2) is 19.6 Å². The van der Waals surface area contributed by atoms with Crippen LogP contribution in [-0.4, -0.2) is 124 Å². The fourth-order valence-corrected chi connectivity index (χ4v) is 6.53. The van der Waals surface area contributed by atoms with Crippen LogP contribution in [0.3, 0.4) is 0 Å². The number of hydrogen-bond donors (Lipinski definition) is 2. The summed E-state index contributed by atoms with van der Waals surface area (Å²) in [4.78, 5) is 51.5. The standard InChI is InChI=1S/C31H36N8O7/c1-18-31(16-44-17-31)45-10-9-38(18)24-11-21(20-6-8-37(14-20)30(42)43-3)13-33-27(24)46-22-12-25(28(40)41)39(15-22)29-35-19(2)34-26(36-29)23-5-4-7-32-23/h4-7,11,13,18,22,25,32H,8-10,12,14-17H2,1-3H3,(H,40,41)/t18-,22-,25-/m0/s1. The van der Waals surface area contributed by atoms with Gasteiger partial charge in [0.2, 0.25) is 11.8 Å². The van der Waals surface area contributed by atoms with Gasteiger partial charge >= 0.3 is 12.1 Å². The Balaban J connectivity index is 1.19. The summed E-state index contributed by atoms with van der Waals surface area (Å²) >= 11 is 0. The fourth-order valence-electron chi connectivity index (χ4n) is 6.53. The summed E-state index contributed by atoms with van der Waals surface area (Å²) in [6.07, 6.45) is 4.81. The molecule has 0 bridgehead atoms. The third-order valence-electron chi connectivity index (χ3n) is 9.17. The van der Waals surface area contributed by atoms with Crippen molar-refractivity contribution >= 4 is 29.3 Å². The zero-order valence-corrected chi connectivity index (χ0v) is 25.9. The Bertz CT molecular complexity index is 1660. The summed E-state index contributed by atoms with van der Waals surface area (Å²) < 4.78 is 23.2. The van der Waals surface area contributed by atoms with E-state index in [-0.39, 0.29) is 31.0 Å². The molecule has 2 N–H and O–H groups in total. The highest BCUT2D eigenvalue weighted by Crippen LogP contribution is 2.40. The highest BCUT2D eigenvalue weighted by molar-refractivity contribution is 5.79. The van der Waals surface area contributed by atoms with Gasteiger partial charge in [-0.2, -0.15) is 9.97 Å². The van der Waals surface area contributed by atoms with E-state index in [2.05, 4.69) is 31.8 Å². The number of pyridine rings is 1. The molecule has 3 aromatic heterocycles. The number of methoxy groups -OCH3 is 1. The number of hydrogen-bond acceptors (Lipinski definition) is 12. The minimum absolute atomic E-state index is 0.0371. The second kappa shape index (κ2) is 11.9. The van der Waals surface area contributed by atoms with Crippen LogP contribution in [0.1, 0.15) is 24.7 Å². The van der Waals surface area contributed by atoms with Crippen molar-refractivity contribution in [1.29, 1.82) is 0 Å². The molecule has 7 heterocycles. The summed E-state index contributed by atoms with van der Waals surface area (Å²) in [6, 6.07) is 4.78. The number of rotatable bonds is 7. The van der Waals surface area contributed by atoms with Gasteiger partial charge in [0.1, 0.15) is 29.3 Å². The Morgan fingerprint density at radius 1 is 1.20 bits per heavy atom. The highest BCUT2D eigenvalue weighted by atomic mass is 16.6. The van der Waals surface area contributed by atoms with Crippen LogP contribution in [-0.2, 0) is 19.0 Å². The number of carbonyl (C=O) groups is 2. The first-order valence-corrected chi connectivity index (χ1v) is 15.3. The second-order valence-corrected chi connectivity index (χ2v) is 12.0. The molecule has 3 saturated heterocycles. The maximum Gasteiger partial charge on any atom is 0.410 e. The van der Waals surface area contributed by atoms with E-state index in [4.69, 9.17) is 23.9 Å². The van der Waals surface area contributed by atoms with E-state index >= 15 is 0 Å². The predicted molar refractivity (Wildman–Crippen MR) is 165 cm³/mol. The van der Waals surface area contributed by atoms with Gasteiger partial charge in [0.15, 0.2) is 5.82 Å². The molecule has 1 spiro atoms. The predicted octanol–water partition coefficient (Wildman–Crippen LogP) is 2.14. The number of morpholine rings is 1. The first-order valence-electron chi connectivity index (χ1n) is 15.3. The lowest BCUT2D eigenvalue weighted by Crippen LogP contribution is -2.68. The van der Waals surface area contributed by atoms with E-state index in [0.29, 0.717) is 62.7 Å². The Hall–Kier alpha value is -4.76. The molecule has 1 amide bonds. The molecule has 3 fully saturated rings. The molecule has 3 atom stereocenters. The number of aryl methyl sites for hydroxylation is 1. The van der Waals surface area contributed by atoms with Crippen molar-refractivity contribution in [2.24, 2.45) is 0 Å². The number of anilines is 2. The molecule has 0 aromatic carbocycles. The maximum atomic E-state index is 12.5. The molecule has 0 radical (unpaired) electrons. The van der Waals surface area contributed by atoms with Crippen molar-refractivity contribution in [2.45, 2.75) is 44.1 Å². The molecule has 0 unspecified atom stereocenters. The van der Waals surface area contributed by atoms with Crippen molar-refractivity contribution in [3.8, 4) is 17.4 Å². The second-order valence-electron chi connectivity index (χ2n) is 12.0. The van der Waals surface area contributed by atoms with Crippen LogP contribution in [0.5, 0.6) is 5.88 Å². The van der Waals surface area contributed by atoms with Gasteiger partial charge in [-0.1, -0.05) is 6.08 Å². The topological polar surface area (TPSA) is 168 Å². The number of carboxylic acid groups (broad SMARTS) is 1. The molecule has 0 saturated carbocycles. The van der Waals surface area contributed by atoms with Crippen LogP contribution in [0.15, 0.2) is 36.7 Å². The molecular formula is C31H36N8O7. The molecule has 15 nitrogen and oxygen atoms in total. The van der Waals surface area contributed by atoms with Gasteiger partial charge < -0.3 is 43.7 Å². The lowest BCUT2D eigenvalue weighted by atomic mass is 9.90. The lowest BCUT2D eigenvalue weighted by Gasteiger charge is -2.53. The zero-order valence-electron chi connectivity index (χ0n) is 25.9. The van der Waals surface area contributed by atoms with Gasteiger partial charge in [0, 0.05) is 38.4 Å². The van der Waals surface area contributed by atoms with Crippen LogP contribution >= 0.6 is 0 Å². The number of carbonyl (C=O) groups excluding carboxylic acids is 1. The third kappa shape index (κ3) is 5.38. The summed E-state index contributed by atoms with van der Waals surface area (Å²) in [5, 5.41) is 10.2. The SMILES string of the molecule is COC(=O)N1CC=C(c2cnc(O[C@H]3C[C@@H](C(=O)O)N(c4nc(C)nc(-c5ccc[nH]5)n4)C3)c(N3CCOC4(COC4)[C@@H]3C)c2)C1. The average molecular weight is 633 g/mol. The summed E-state index contributed by atoms with van der Waals surface area (Å²) in [5.41, 5.74) is 2.87. The van der Waals surface area contributed by atoms with Crippen LogP contribution in [0, 0.1) is 6.92 Å². The van der Waals surface area contributed by atoms with E-state index in [1.165, 1.54) is 7.11 Å². The maximum absolute atomic E-state index is 12.5. The quantitative estimate of drug-likeness (QED) is 0.389. The normalized spacial score (nSPS) is 23.8. The number of aliphatic carboxylic acids is 1. The van der Waals surface area contributed by atoms with Crippen LogP contribution in [0.25, 0.3) is 17.1 Å². The van der Waals surface area contributed by atoms with E-state index in [0.717, 1.165) is 16.8 Å². The first-order chi connectivity index (χ1) is 22.2. The van der Waals surface area contributed by atoms with Crippen LogP contribution < -0.4 is 14.5 Å². The molecular weight excluding hydrogens is 596 g/mol. The molecule has 242 valence electrons. The fraction of sp³-hybridized carbons (Fsp3) is 0.484. The Kier molecular flexibility index (Phi) is 7.72. The van der Waals surface area contributed by atoms with E-state index in [9.17, 15) is 14.7 Å². The van der Waals surface area contributed by atoms with Gasteiger partial charge in [-0.05, 0) is 43.2 Å². The van der Waals surface area contributed by atoms with Gasteiger partial charge in [0.25, 0.3) is 0 Å².